The fourth-order valence-electron chi connectivity index (χ4n) is 15.9. The predicted molar refractivity (Wildman–Crippen MR) is 411 cm³/mol. The van der Waals surface area contributed by atoms with Crippen LogP contribution in [0.15, 0.2) is 94.7 Å². The van der Waals surface area contributed by atoms with Crippen LogP contribution in [0.4, 0.5) is 5.69 Å². The van der Waals surface area contributed by atoms with Crippen molar-refractivity contribution in [3.05, 3.63) is 123 Å². The number of nitrogens with one attached hydrogen (secondary N) is 3. The molecule has 8 aliphatic rings. The standard InChI is InChI=1S/C46H62N4O11.C37H47NO12/c1-22(2)21-50-18-16-46(17-19-50)48-34-31-32-39(54)28(8)42-33(31)43(56)45(10,61-42)59-20-15-30(58-11)25(5)41(60-29(9)51)27(7)38(53)26(6)37(52)23(3)13-12-14-24(4)44(57)47-36(40(32)55)35(34)49-46;1-16-11-10-12-17(2)36(46)38-23-15-24(40)26-27(32(23)44)31(43)21(6)34-28(26)35(45)37(8,50-34)48-14-13-25(47-9)18(3)33(49-22(7)39)20(5)30(42)19(4)29(16)41/h12-15,20,22-23,25-27,30,37-38,41,49,52-54H,16-19,21H2,1-11H3,(H,47,57);10-16,18-20,25,29-30,33,40-44H,1-9H3,(H,38,46)/b13-12-,20-15-,24-14-;11-10-,14-13-,17-12-/t23-,25+,26+,27+,30-,37-,38+,41+,45-;16-,18+,19+,20+,25-,29-,30+,33+,37-/m00/s1. The van der Waals surface area contributed by atoms with Gasteiger partial charge in [0.25, 0.3) is 23.4 Å². The quantitative estimate of drug-likeness (QED) is 0.0621. The van der Waals surface area contributed by atoms with E-state index in [1.165, 1.54) is 87.4 Å². The minimum Gasteiger partial charge on any atom is -0.507 e. The van der Waals surface area contributed by atoms with Crippen LogP contribution in [0.3, 0.4) is 0 Å². The number of carbonyl (C=O) groups is 7. The molecule has 28 heteroatoms. The summed E-state index contributed by atoms with van der Waals surface area (Å²) >= 11 is 0. The van der Waals surface area contributed by atoms with Gasteiger partial charge in [0.15, 0.2) is 5.75 Å². The molecule has 3 aromatic carbocycles. The number of phenolic OH excluding ortho intramolecular Hbond substituents is 4. The summed E-state index contributed by atoms with van der Waals surface area (Å²) < 4.78 is 47.2. The number of methoxy groups -OCH3 is 2. The number of aliphatic hydroxyl groups is 4. The van der Waals surface area contributed by atoms with Crippen LogP contribution in [0.1, 0.15) is 171 Å². The maximum atomic E-state index is 14.7. The van der Waals surface area contributed by atoms with Crippen molar-refractivity contribution in [2.24, 2.45) is 58.3 Å². The number of aliphatic imine (C=N–C) groups is 1. The first-order valence-electron chi connectivity index (χ1n) is 37.7. The van der Waals surface area contributed by atoms with Gasteiger partial charge < -0.3 is 99.6 Å². The number of amides is 2. The molecule has 1 fully saturated rings. The van der Waals surface area contributed by atoms with Crippen molar-refractivity contribution in [2.45, 2.75) is 204 Å². The number of ketones is 3. The molecule has 1 spiro atoms. The fraction of sp³-hybridized carbons (Fsp3) is 0.542. The normalized spacial score (nSPS) is 33.6. The van der Waals surface area contributed by atoms with E-state index in [4.69, 9.17) is 42.9 Å². The number of benzene rings is 3. The number of allylic oxidation sites excluding steroid dienone is 6. The summed E-state index contributed by atoms with van der Waals surface area (Å²) in [5.41, 5.74) is -0.284. The van der Waals surface area contributed by atoms with Crippen LogP contribution in [0.25, 0.3) is 10.8 Å². The number of rotatable bonds is 6. The molecular formula is C83H109N5O23. The fourth-order valence-corrected chi connectivity index (χ4v) is 15.9. The van der Waals surface area contributed by atoms with E-state index in [9.17, 15) is 74.4 Å². The number of nitrogens with zero attached hydrogens (tertiary/aromatic N) is 2. The summed E-state index contributed by atoms with van der Waals surface area (Å²) in [5.74, 6) is -14.8. The highest BCUT2D eigenvalue weighted by Crippen LogP contribution is 2.55. The number of hydrogen-bond donors (Lipinski definition) is 11. The second kappa shape index (κ2) is 33.9. The summed E-state index contributed by atoms with van der Waals surface area (Å²) in [6.07, 6.45) is 8.68. The van der Waals surface area contributed by atoms with E-state index in [0.29, 0.717) is 18.8 Å². The van der Waals surface area contributed by atoms with Crippen LogP contribution in [0, 0.1) is 67.1 Å². The lowest BCUT2D eigenvalue weighted by Crippen LogP contribution is -2.50. The van der Waals surface area contributed by atoms with Gasteiger partial charge in [-0.05, 0) is 45.8 Å². The molecule has 0 saturated carbocycles. The van der Waals surface area contributed by atoms with Gasteiger partial charge in [0, 0.05) is 161 Å². The molecule has 0 radical (unpaired) electrons. The van der Waals surface area contributed by atoms with Crippen LogP contribution in [-0.2, 0) is 47.6 Å². The zero-order valence-electron chi connectivity index (χ0n) is 66.8. The lowest BCUT2D eigenvalue weighted by atomic mass is 9.78. The molecule has 1 saturated heterocycles. The number of likely N-dealkylation sites (tertiary alicyclic amines) is 1. The second-order valence-electron chi connectivity index (χ2n) is 31.4. The largest absolute Gasteiger partial charge is 0.507 e. The number of hydrogen-bond acceptors (Lipinski definition) is 26. The topological polar surface area (TPSA) is 407 Å². The first kappa shape index (κ1) is 85.6. The Kier molecular flexibility index (Phi) is 26.1. The summed E-state index contributed by atoms with van der Waals surface area (Å²) in [6.45, 7) is 32.0. The Labute approximate surface area is 646 Å². The third kappa shape index (κ3) is 16.9. The number of phenols is 4. The Morgan fingerprint density at radius 1 is 0.577 bits per heavy atom. The third-order valence-corrected chi connectivity index (χ3v) is 22.8. The predicted octanol–water partition coefficient (Wildman–Crippen LogP) is 9.37. The van der Waals surface area contributed by atoms with E-state index in [0.717, 1.165) is 25.7 Å². The molecule has 0 aromatic heterocycles. The first-order valence-corrected chi connectivity index (χ1v) is 37.7. The van der Waals surface area contributed by atoms with Gasteiger partial charge >= 0.3 is 23.5 Å². The lowest BCUT2D eigenvalue weighted by Gasteiger charge is -2.38. The Hall–Kier alpha value is -9.42. The van der Waals surface area contributed by atoms with E-state index in [-0.39, 0.29) is 89.6 Å². The minimum atomic E-state index is -1.98. The molecule has 18 atom stereocenters. The number of esters is 2. The van der Waals surface area contributed by atoms with Crippen LogP contribution < -0.4 is 25.4 Å². The van der Waals surface area contributed by atoms with Gasteiger partial charge in [-0.3, -0.25) is 38.6 Å². The minimum absolute atomic E-state index is 0.0164. The number of aromatic hydroxyl groups is 4. The van der Waals surface area contributed by atoms with Crippen LogP contribution in [0.2, 0.25) is 0 Å². The van der Waals surface area contributed by atoms with Gasteiger partial charge in [0.2, 0.25) is 5.78 Å². The number of piperidine rings is 1. The Morgan fingerprint density at radius 2 is 1.03 bits per heavy atom. The highest BCUT2D eigenvalue weighted by atomic mass is 16.7. The second-order valence-corrected chi connectivity index (χ2v) is 31.4. The van der Waals surface area contributed by atoms with Crippen LogP contribution in [-0.4, -0.2) is 192 Å². The smallest absolute Gasteiger partial charge is 0.312 e. The molecule has 11 rings (SSSR count). The molecule has 28 nitrogen and oxygen atoms in total. The van der Waals surface area contributed by atoms with Crippen molar-refractivity contribution in [3.63, 3.8) is 0 Å². The van der Waals surface area contributed by atoms with Crippen molar-refractivity contribution in [1.82, 2.24) is 15.5 Å². The molecule has 11 N–H and O–H groups in total. The molecule has 2 amide bonds. The van der Waals surface area contributed by atoms with Gasteiger partial charge in [0.1, 0.15) is 52.3 Å². The highest BCUT2D eigenvalue weighted by molar-refractivity contribution is 6.34. The van der Waals surface area contributed by atoms with E-state index < -0.39 is 178 Å². The summed E-state index contributed by atoms with van der Waals surface area (Å²) in [4.78, 5) is 103. The maximum absolute atomic E-state index is 14.7. The van der Waals surface area contributed by atoms with Gasteiger partial charge in [-0.1, -0.05) is 106 Å². The van der Waals surface area contributed by atoms with E-state index in [1.54, 1.807) is 98.8 Å². The number of aliphatic hydroxyl groups excluding tert-OH is 4. The maximum Gasteiger partial charge on any atom is 0.312 e. The molecule has 3 aromatic rings. The molecule has 1 aliphatic carbocycles. The van der Waals surface area contributed by atoms with Crippen molar-refractivity contribution in [3.8, 4) is 34.5 Å². The third-order valence-electron chi connectivity index (χ3n) is 22.8. The molecule has 111 heavy (non-hydrogen) atoms. The SMILES string of the molecule is CO[C@H]1/C=C\O[C@@]2(C)Oc3c(C)c(O)c4c(O)c(cc(O)c4c3C2=O)NC(=O)/C(C)=C\C=C/[C@H](C)[C@H](O)[C@@H](C)[C@@H](O)[C@@H](C)[C@H](OC(C)=O)[C@@H]1C.CO[C@H]1/C=C\O[C@@]2(C)Oc3c(C)c(O)c4c(c3C2=O)C2=NC3(CCN(CC(C)C)CC3)NC2=C(NC(=O)/C(C)=C\C=C/[C@H](C)[C@H](O)[C@@H](C)[C@@H](O)[C@@H](C)[C@H](OC(C)=O)[C@@H]1C)C4=O. The van der Waals surface area contributed by atoms with Gasteiger partial charge in [0.05, 0.1) is 88.3 Å². The molecule has 0 unspecified atom stereocenters. The lowest BCUT2D eigenvalue weighted by molar-refractivity contribution is -0.161. The Bertz CT molecular complexity index is 4420. The molecule has 604 valence electrons. The number of carbonyl (C=O) groups excluding carboxylic acids is 7. The molecule has 10 bridgehead atoms. The first-order chi connectivity index (χ1) is 52.0. The summed E-state index contributed by atoms with van der Waals surface area (Å²) in [5, 5.41) is 99.2. The van der Waals surface area contributed by atoms with Gasteiger partial charge in [-0.2, -0.15) is 0 Å². The van der Waals surface area contributed by atoms with E-state index in [1.807, 2.05) is 0 Å². The highest BCUT2D eigenvalue weighted by Gasteiger charge is 2.56. The molecular weight excluding hydrogens is 1430 g/mol. The monoisotopic (exact) mass is 1540 g/mol. The van der Waals surface area contributed by atoms with Crippen molar-refractivity contribution in [1.29, 1.82) is 0 Å². The van der Waals surface area contributed by atoms with Gasteiger partial charge in [-0.25, -0.2) is 0 Å². The van der Waals surface area contributed by atoms with Crippen LogP contribution >= 0.6 is 0 Å². The van der Waals surface area contributed by atoms with Crippen molar-refractivity contribution >= 4 is 63.3 Å². The number of fused-ring (bicyclic) bond motifs is 17. The Morgan fingerprint density at radius 3 is 1.49 bits per heavy atom. The van der Waals surface area contributed by atoms with E-state index in [2.05, 4.69) is 34.7 Å². The van der Waals surface area contributed by atoms with Crippen LogP contribution in [0.5, 0.6) is 34.5 Å². The number of ether oxygens (including phenoxy) is 8. The average molecular weight is 1540 g/mol. The number of Topliss-reactive ketones (excluding diaryl/α,β-unsaturated/α-hetero) is 3. The zero-order chi connectivity index (χ0) is 82.3. The Balaban J connectivity index is 0.000000260. The molecule has 7 heterocycles. The van der Waals surface area contributed by atoms with E-state index >= 15 is 0 Å². The average Bonchev–Trinajstić information content (AvgIpc) is 1.58. The van der Waals surface area contributed by atoms with Crippen molar-refractivity contribution in [2.75, 3.05) is 39.2 Å². The molecule has 7 aliphatic heterocycles. The zero-order valence-corrected chi connectivity index (χ0v) is 66.8. The van der Waals surface area contributed by atoms with Crippen molar-refractivity contribution < 1.29 is 112 Å². The number of anilines is 1. The summed E-state index contributed by atoms with van der Waals surface area (Å²) in [6, 6.07) is 1.06. The van der Waals surface area contributed by atoms with Gasteiger partial charge in [-0.15, -0.1) is 0 Å². The summed E-state index contributed by atoms with van der Waals surface area (Å²) in [7, 11) is 2.90.